The number of rotatable bonds is 4. The fraction of sp³-hybridized carbons (Fsp3) is 0.400. The van der Waals surface area contributed by atoms with Crippen LogP contribution in [0.3, 0.4) is 0 Å². The lowest BCUT2D eigenvalue weighted by Crippen LogP contribution is -2.38. The second kappa shape index (κ2) is 6.59. The highest BCUT2D eigenvalue weighted by Gasteiger charge is 2.31. The highest BCUT2D eigenvalue weighted by atomic mass is 32.2. The van der Waals surface area contributed by atoms with E-state index in [1.807, 2.05) is 18.2 Å². The van der Waals surface area contributed by atoms with Crippen LogP contribution in [0.5, 0.6) is 0 Å². The summed E-state index contributed by atoms with van der Waals surface area (Å²) in [5, 5.41) is 3.04. The average molecular weight is 333 g/mol. The van der Waals surface area contributed by atoms with E-state index < -0.39 is 10.0 Å². The monoisotopic (exact) mass is 333 g/mol. The molecule has 0 spiro atoms. The highest BCUT2D eigenvalue weighted by Crippen LogP contribution is 2.31. The maximum Gasteiger partial charge on any atom is 0.228 e. The molecule has 0 unspecified atom stereocenters. The fourth-order valence-electron chi connectivity index (χ4n) is 2.77. The topological polar surface area (TPSA) is 88.1 Å². The number of nitrogens with one attached hydrogen (secondary N) is 1. The molecule has 0 bridgehead atoms. The lowest BCUT2D eigenvalue weighted by Gasteiger charge is -2.33. The number of nitrogens with zero attached hydrogens (tertiary/aromatic N) is 4. The summed E-state index contributed by atoms with van der Waals surface area (Å²) in [5.74, 6) is 1.06. The quantitative estimate of drug-likeness (QED) is 0.922. The van der Waals surface area contributed by atoms with Crippen LogP contribution < -0.4 is 5.32 Å². The van der Waals surface area contributed by atoms with Gasteiger partial charge in [0.25, 0.3) is 0 Å². The first-order chi connectivity index (χ1) is 11.0. The van der Waals surface area contributed by atoms with Crippen molar-refractivity contribution in [1.29, 1.82) is 0 Å². The molecule has 8 heteroatoms. The van der Waals surface area contributed by atoms with Crippen LogP contribution >= 0.6 is 0 Å². The fourth-order valence-corrected chi connectivity index (χ4v) is 3.90. The van der Waals surface area contributed by atoms with Gasteiger partial charge in [0.1, 0.15) is 5.82 Å². The van der Waals surface area contributed by atoms with Crippen molar-refractivity contribution in [1.82, 2.24) is 19.3 Å². The largest absolute Gasteiger partial charge is 0.309 e. The molecule has 23 heavy (non-hydrogen) atoms. The number of aromatic nitrogens is 3. The van der Waals surface area contributed by atoms with Gasteiger partial charge in [0.2, 0.25) is 16.0 Å². The molecule has 1 fully saturated rings. The lowest BCUT2D eigenvalue weighted by atomic mass is 10.0. The summed E-state index contributed by atoms with van der Waals surface area (Å²) < 4.78 is 25.5. The van der Waals surface area contributed by atoms with Gasteiger partial charge >= 0.3 is 0 Å². The van der Waals surface area contributed by atoms with E-state index in [0.717, 1.165) is 19.3 Å². The first-order valence-electron chi connectivity index (χ1n) is 7.52. The minimum Gasteiger partial charge on any atom is -0.309 e. The Labute approximate surface area is 135 Å². The molecule has 1 N–H and O–H groups in total. The third-order valence-electron chi connectivity index (χ3n) is 3.80. The van der Waals surface area contributed by atoms with Crippen molar-refractivity contribution in [2.24, 2.45) is 0 Å². The molecule has 2 aromatic rings. The molecular weight excluding hydrogens is 314 g/mol. The molecule has 1 saturated heterocycles. The van der Waals surface area contributed by atoms with Crippen LogP contribution in [0.25, 0.3) is 0 Å². The van der Waals surface area contributed by atoms with Crippen LogP contribution in [0.15, 0.2) is 36.7 Å². The maximum atomic E-state index is 12.0. The summed E-state index contributed by atoms with van der Waals surface area (Å²) >= 11 is 0. The van der Waals surface area contributed by atoms with Gasteiger partial charge in [-0.05, 0) is 31.0 Å². The Hall–Kier alpha value is -2.06. The second-order valence-electron chi connectivity index (χ2n) is 5.53. The number of sulfonamides is 1. The van der Waals surface area contributed by atoms with E-state index in [2.05, 4.69) is 20.3 Å². The molecule has 0 aliphatic carbocycles. The standard InChI is InChI=1S/C15H19N5O2S/c1-23(21,22)20-11-5-3-6-13(20)12-8-10-17-15(18-12)19-14-7-2-4-9-16-14/h2,4,7-10,13H,3,5-6,11H2,1H3,(H,16,17,18,19)/t13-/m1/s1. The van der Waals surface area contributed by atoms with Crippen LogP contribution in [0, 0.1) is 0 Å². The minimum absolute atomic E-state index is 0.231. The summed E-state index contributed by atoms with van der Waals surface area (Å²) in [4.78, 5) is 12.8. The number of anilines is 2. The van der Waals surface area contributed by atoms with Crippen molar-refractivity contribution in [2.75, 3.05) is 18.1 Å². The zero-order valence-corrected chi connectivity index (χ0v) is 13.7. The molecule has 1 aliphatic rings. The Balaban J connectivity index is 1.86. The second-order valence-corrected chi connectivity index (χ2v) is 7.47. The van der Waals surface area contributed by atoms with Crippen molar-refractivity contribution in [3.05, 3.63) is 42.4 Å². The van der Waals surface area contributed by atoms with Gasteiger partial charge in [-0.3, -0.25) is 0 Å². The van der Waals surface area contributed by atoms with Gasteiger partial charge in [0.15, 0.2) is 0 Å². The normalized spacial score (nSPS) is 19.4. The number of pyridine rings is 1. The molecule has 122 valence electrons. The van der Waals surface area contributed by atoms with Crippen molar-refractivity contribution in [3.63, 3.8) is 0 Å². The van der Waals surface area contributed by atoms with Gasteiger partial charge in [-0.25, -0.2) is 23.4 Å². The zero-order chi connectivity index (χ0) is 16.3. The Morgan fingerprint density at radius 2 is 2.04 bits per heavy atom. The van der Waals surface area contributed by atoms with E-state index >= 15 is 0 Å². The molecular formula is C15H19N5O2S. The highest BCUT2D eigenvalue weighted by molar-refractivity contribution is 7.88. The molecule has 0 aromatic carbocycles. The molecule has 7 nitrogen and oxygen atoms in total. The van der Waals surface area contributed by atoms with E-state index in [4.69, 9.17) is 0 Å². The number of hydrogen-bond donors (Lipinski definition) is 1. The van der Waals surface area contributed by atoms with E-state index in [-0.39, 0.29) is 6.04 Å². The van der Waals surface area contributed by atoms with Crippen molar-refractivity contribution < 1.29 is 8.42 Å². The van der Waals surface area contributed by atoms with Gasteiger partial charge in [-0.15, -0.1) is 0 Å². The predicted octanol–water partition coefficient (Wildman–Crippen LogP) is 2.10. The summed E-state index contributed by atoms with van der Waals surface area (Å²) in [6, 6.07) is 7.06. The predicted molar refractivity (Wildman–Crippen MR) is 87.7 cm³/mol. The van der Waals surface area contributed by atoms with E-state index in [0.29, 0.717) is 24.0 Å². The molecule has 0 amide bonds. The molecule has 0 radical (unpaired) electrons. The zero-order valence-electron chi connectivity index (χ0n) is 12.9. The number of piperidine rings is 1. The van der Waals surface area contributed by atoms with E-state index in [1.165, 1.54) is 10.6 Å². The van der Waals surface area contributed by atoms with Crippen LogP contribution in [-0.2, 0) is 10.0 Å². The lowest BCUT2D eigenvalue weighted by molar-refractivity contribution is 0.253. The molecule has 3 rings (SSSR count). The van der Waals surface area contributed by atoms with Gasteiger partial charge in [-0.2, -0.15) is 4.31 Å². The van der Waals surface area contributed by atoms with Crippen LogP contribution in [-0.4, -0.2) is 40.5 Å². The Kier molecular flexibility index (Phi) is 4.53. The molecule has 2 aromatic heterocycles. The Morgan fingerprint density at radius 3 is 2.78 bits per heavy atom. The smallest absolute Gasteiger partial charge is 0.228 e. The number of hydrogen-bond acceptors (Lipinski definition) is 6. The minimum atomic E-state index is -3.25. The van der Waals surface area contributed by atoms with Gasteiger partial charge in [0, 0.05) is 18.9 Å². The van der Waals surface area contributed by atoms with Gasteiger partial charge < -0.3 is 5.32 Å². The van der Waals surface area contributed by atoms with Gasteiger partial charge in [0.05, 0.1) is 18.0 Å². The average Bonchev–Trinajstić information content (AvgIpc) is 2.55. The van der Waals surface area contributed by atoms with E-state index in [9.17, 15) is 8.42 Å². The molecule has 1 aliphatic heterocycles. The first-order valence-corrected chi connectivity index (χ1v) is 9.37. The van der Waals surface area contributed by atoms with Crippen LogP contribution in [0.4, 0.5) is 11.8 Å². The van der Waals surface area contributed by atoms with Crippen LogP contribution in [0.2, 0.25) is 0 Å². The van der Waals surface area contributed by atoms with Crippen molar-refractivity contribution >= 4 is 21.8 Å². The summed E-state index contributed by atoms with van der Waals surface area (Å²) in [6.07, 6.45) is 7.21. The molecule has 3 heterocycles. The van der Waals surface area contributed by atoms with Crippen molar-refractivity contribution in [2.45, 2.75) is 25.3 Å². The first kappa shape index (κ1) is 15.8. The SMILES string of the molecule is CS(=O)(=O)N1CCCC[C@@H]1c1ccnc(Nc2ccccn2)n1. The van der Waals surface area contributed by atoms with Crippen molar-refractivity contribution in [3.8, 4) is 0 Å². The Bertz CT molecular complexity index is 766. The van der Waals surface area contributed by atoms with Gasteiger partial charge in [-0.1, -0.05) is 12.5 Å². The third-order valence-corrected chi connectivity index (χ3v) is 5.09. The maximum absolute atomic E-state index is 12.0. The molecule has 0 saturated carbocycles. The molecule has 1 atom stereocenters. The van der Waals surface area contributed by atoms with E-state index in [1.54, 1.807) is 18.5 Å². The third kappa shape index (κ3) is 3.83. The summed E-state index contributed by atoms with van der Waals surface area (Å²) in [6.45, 7) is 0.538. The summed E-state index contributed by atoms with van der Waals surface area (Å²) in [7, 11) is -3.25. The Morgan fingerprint density at radius 1 is 1.17 bits per heavy atom. The van der Waals surface area contributed by atoms with Crippen LogP contribution in [0.1, 0.15) is 31.0 Å². The summed E-state index contributed by atoms with van der Waals surface area (Å²) in [5.41, 5.74) is 0.712.